The van der Waals surface area contributed by atoms with Crippen LogP contribution in [-0.4, -0.2) is 58.0 Å². The first kappa shape index (κ1) is 20.9. The molecule has 1 aromatic carbocycles. The number of carbonyl (C=O) groups is 3. The van der Waals surface area contributed by atoms with Crippen LogP contribution in [0.25, 0.3) is 16.4 Å². The lowest BCUT2D eigenvalue weighted by molar-refractivity contribution is -0.144. The molecule has 148 valence electrons. The van der Waals surface area contributed by atoms with Crippen molar-refractivity contribution in [1.82, 2.24) is 10.3 Å². The molecule has 0 unspecified atom stereocenters. The molecule has 2 atom stereocenters. The highest BCUT2D eigenvalue weighted by atomic mass is 19.1. The number of rotatable bonds is 10. The number of nitrogens with zero attached hydrogens (tertiary/aromatic N) is 2. The fourth-order valence-corrected chi connectivity index (χ4v) is 2.76. The number of H-pyrrole nitrogens is 1. The summed E-state index contributed by atoms with van der Waals surface area (Å²) in [6.07, 6.45) is 0.901. The van der Waals surface area contributed by atoms with Gasteiger partial charge in [-0.05, 0) is 18.1 Å². The smallest absolute Gasteiger partial charge is 0.326 e. The lowest BCUT2D eigenvalue weighted by Gasteiger charge is -2.19. The van der Waals surface area contributed by atoms with E-state index in [0.717, 1.165) is 0 Å². The Hall–Kier alpha value is -3.36. The topological polar surface area (TPSA) is 145 Å². The third kappa shape index (κ3) is 5.09. The molecule has 2 rings (SSSR count). The average molecular weight is 390 g/mol. The monoisotopic (exact) mass is 390 g/mol. The molecule has 9 nitrogen and oxygen atoms in total. The maximum atomic E-state index is 13.8. The second-order valence-corrected chi connectivity index (χ2v) is 6.05. The Kier molecular flexibility index (Phi) is 7.14. The first-order valence-electron chi connectivity index (χ1n) is 8.38. The lowest BCUT2D eigenvalue weighted by atomic mass is 10.0. The predicted octanol–water partition coefficient (Wildman–Crippen LogP) is 1.08. The van der Waals surface area contributed by atoms with Gasteiger partial charge >= 0.3 is 12.2 Å². The van der Waals surface area contributed by atoms with Crippen LogP contribution < -0.4 is 5.32 Å². The molecule has 0 aliphatic carbocycles. The molecular weight excluding hydrogens is 371 g/mol. The molecule has 0 bridgehead atoms. The predicted molar refractivity (Wildman–Crippen MR) is 96.2 cm³/mol. The van der Waals surface area contributed by atoms with E-state index in [4.69, 9.17) is 10.3 Å². The summed E-state index contributed by atoms with van der Waals surface area (Å²) in [7, 11) is 1.30. The van der Waals surface area contributed by atoms with Gasteiger partial charge in [0.1, 0.15) is 18.0 Å². The number of Topliss-reactive ketones (excluding diaryl/α,β-unsaturated/α-hetero) is 1. The minimum absolute atomic E-state index is 0.0915. The molecule has 1 amide bonds. The second-order valence-electron chi connectivity index (χ2n) is 6.05. The molecule has 0 spiro atoms. The number of methoxy groups -OCH3 is 1. The number of carbonyl (C=O) groups excluding carboxylic acids is 2. The third-order valence-electron chi connectivity index (χ3n) is 4.23. The average Bonchev–Trinajstić information content (AvgIpc) is 3.07. The van der Waals surface area contributed by atoms with Crippen LogP contribution in [0.5, 0.6) is 0 Å². The first-order chi connectivity index (χ1) is 13.4. The summed E-state index contributed by atoms with van der Waals surface area (Å²) in [5, 5.41) is 12.2. The SMILES string of the molecule is CO[C@@H](Cc1c[nH]c2c(F)cccc12)C(=O)N[C@@H](CCC(=O)C=[N+]=[N-])C(=O)O. The molecule has 0 fully saturated rings. The second kappa shape index (κ2) is 9.54. The van der Waals surface area contributed by atoms with E-state index >= 15 is 0 Å². The van der Waals surface area contributed by atoms with Crippen LogP contribution in [0.1, 0.15) is 18.4 Å². The van der Waals surface area contributed by atoms with Gasteiger partial charge in [0.15, 0.2) is 0 Å². The Morgan fingerprint density at radius 3 is 2.82 bits per heavy atom. The number of fused-ring (bicyclic) bond motifs is 1. The standard InChI is InChI=1S/C18H19FN4O5/c1-28-15(7-10-8-21-16-12(10)3-2-4-13(16)19)17(25)23-14(18(26)27)6-5-11(24)9-22-20/h2-4,8-9,14-15,21H,5-7H2,1H3,(H,23,25)(H,26,27)/t14-,15-/m0/s1. The van der Waals surface area contributed by atoms with E-state index in [1.165, 1.54) is 13.2 Å². The maximum absolute atomic E-state index is 13.8. The van der Waals surface area contributed by atoms with E-state index in [2.05, 4.69) is 15.1 Å². The van der Waals surface area contributed by atoms with Gasteiger partial charge in [-0.25, -0.2) is 9.18 Å². The number of hydrogen-bond acceptors (Lipinski definition) is 4. The number of carboxylic acid groups (broad SMARTS) is 1. The van der Waals surface area contributed by atoms with Crippen LogP contribution in [0.15, 0.2) is 24.4 Å². The number of para-hydroxylation sites is 1. The van der Waals surface area contributed by atoms with Crippen molar-refractivity contribution in [3.63, 3.8) is 0 Å². The molecule has 0 saturated carbocycles. The number of aromatic amines is 1. The highest BCUT2D eigenvalue weighted by Gasteiger charge is 2.27. The number of hydrogen-bond donors (Lipinski definition) is 3. The first-order valence-corrected chi connectivity index (χ1v) is 8.38. The zero-order chi connectivity index (χ0) is 20.7. The Morgan fingerprint density at radius 1 is 1.43 bits per heavy atom. The maximum Gasteiger partial charge on any atom is 0.326 e. The van der Waals surface area contributed by atoms with Crippen LogP contribution in [0, 0.1) is 5.82 Å². The normalized spacial score (nSPS) is 12.8. The number of amides is 1. The lowest BCUT2D eigenvalue weighted by Crippen LogP contribution is -2.46. The van der Waals surface area contributed by atoms with Crippen LogP contribution in [-0.2, 0) is 25.5 Å². The highest BCUT2D eigenvalue weighted by molar-refractivity contribution is 6.25. The summed E-state index contributed by atoms with van der Waals surface area (Å²) in [5.74, 6) is -2.99. The van der Waals surface area contributed by atoms with E-state index in [0.29, 0.717) is 22.7 Å². The van der Waals surface area contributed by atoms with Crippen LogP contribution in [0.3, 0.4) is 0 Å². The number of ketones is 1. The third-order valence-corrected chi connectivity index (χ3v) is 4.23. The molecule has 0 radical (unpaired) electrons. The Morgan fingerprint density at radius 2 is 2.18 bits per heavy atom. The van der Waals surface area contributed by atoms with Crippen molar-refractivity contribution in [3.05, 3.63) is 41.3 Å². The minimum atomic E-state index is -1.32. The largest absolute Gasteiger partial charge is 0.480 e. The van der Waals surface area contributed by atoms with E-state index in [9.17, 15) is 23.9 Å². The van der Waals surface area contributed by atoms with Gasteiger partial charge in [0.25, 0.3) is 0 Å². The van der Waals surface area contributed by atoms with Crippen molar-refractivity contribution in [1.29, 1.82) is 0 Å². The summed E-state index contributed by atoms with van der Waals surface area (Å²) in [6, 6.07) is 3.23. The van der Waals surface area contributed by atoms with Gasteiger partial charge in [-0.2, -0.15) is 4.79 Å². The van der Waals surface area contributed by atoms with E-state index in [-0.39, 0.29) is 19.3 Å². The molecular formula is C18H19FN4O5. The summed E-state index contributed by atoms with van der Waals surface area (Å²) in [6.45, 7) is 0. The van der Waals surface area contributed by atoms with E-state index < -0.39 is 35.6 Å². The summed E-state index contributed by atoms with van der Waals surface area (Å²) in [5.41, 5.74) is 9.24. The number of nitrogens with one attached hydrogen (secondary N) is 2. The molecule has 2 aromatic rings. The van der Waals surface area contributed by atoms with Crippen molar-refractivity contribution >= 4 is 34.8 Å². The molecule has 1 heterocycles. The minimum Gasteiger partial charge on any atom is -0.480 e. The Balaban J connectivity index is 2.08. The van der Waals surface area contributed by atoms with Gasteiger partial charge < -0.3 is 25.7 Å². The number of halogens is 1. The van der Waals surface area contributed by atoms with E-state index in [1.54, 1.807) is 18.3 Å². The van der Waals surface area contributed by atoms with Crippen LogP contribution in [0.4, 0.5) is 4.39 Å². The van der Waals surface area contributed by atoms with Crippen molar-refractivity contribution < 1.29 is 33.4 Å². The van der Waals surface area contributed by atoms with Gasteiger partial charge in [-0.3, -0.25) is 9.59 Å². The van der Waals surface area contributed by atoms with E-state index in [1.807, 2.05) is 0 Å². The summed E-state index contributed by atoms with van der Waals surface area (Å²) < 4.78 is 19.0. The zero-order valence-corrected chi connectivity index (χ0v) is 15.0. The van der Waals surface area contributed by atoms with Gasteiger partial charge in [0.2, 0.25) is 11.7 Å². The zero-order valence-electron chi connectivity index (χ0n) is 15.0. The van der Waals surface area contributed by atoms with Crippen molar-refractivity contribution in [3.8, 4) is 0 Å². The molecule has 28 heavy (non-hydrogen) atoms. The highest BCUT2D eigenvalue weighted by Crippen LogP contribution is 2.22. The van der Waals surface area contributed by atoms with Crippen molar-refractivity contribution in [2.75, 3.05) is 7.11 Å². The molecule has 10 heteroatoms. The number of aliphatic carboxylic acids is 1. The number of ether oxygens (including phenoxy) is 1. The van der Waals surface area contributed by atoms with Gasteiger partial charge in [0.05, 0.1) is 5.52 Å². The van der Waals surface area contributed by atoms with Crippen LogP contribution >= 0.6 is 0 Å². The number of carboxylic acids is 1. The molecule has 3 N–H and O–H groups in total. The van der Waals surface area contributed by atoms with Crippen molar-refractivity contribution in [2.24, 2.45) is 0 Å². The fraction of sp³-hybridized carbons (Fsp3) is 0.333. The molecule has 0 saturated heterocycles. The van der Waals surface area contributed by atoms with Gasteiger partial charge in [-0.1, -0.05) is 12.1 Å². The fourth-order valence-electron chi connectivity index (χ4n) is 2.76. The summed E-state index contributed by atoms with van der Waals surface area (Å²) >= 11 is 0. The summed E-state index contributed by atoms with van der Waals surface area (Å²) in [4.78, 5) is 40.5. The van der Waals surface area contributed by atoms with Crippen LogP contribution in [0.2, 0.25) is 0 Å². The van der Waals surface area contributed by atoms with Gasteiger partial charge in [-0.15, -0.1) is 0 Å². The molecule has 1 aromatic heterocycles. The number of benzene rings is 1. The Bertz CT molecular complexity index is 935. The van der Waals surface area contributed by atoms with Crippen molar-refractivity contribution in [2.45, 2.75) is 31.4 Å². The number of aromatic nitrogens is 1. The molecule has 0 aliphatic heterocycles. The molecule has 0 aliphatic rings. The van der Waals surface area contributed by atoms with Gasteiger partial charge in [0, 0.05) is 31.5 Å². The Labute approximate surface area is 159 Å². The quantitative estimate of drug-likeness (QED) is 0.316.